The van der Waals surface area contributed by atoms with Crippen LogP contribution < -0.4 is 24.5 Å². The van der Waals surface area contributed by atoms with Crippen LogP contribution in [0.3, 0.4) is 0 Å². The number of carbonyl (C=O) groups excluding carboxylic acids is 1. The van der Waals surface area contributed by atoms with Gasteiger partial charge in [0, 0.05) is 43.9 Å². The Morgan fingerprint density at radius 2 is 1.91 bits per heavy atom. The summed E-state index contributed by atoms with van der Waals surface area (Å²) in [5, 5.41) is 1.91. The first-order valence-corrected chi connectivity index (χ1v) is 16.4. The molecule has 1 fully saturated rings. The van der Waals surface area contributed by atoms with Gasteiger partial charge in [-0.15, -0.1) is 0 Å². The highest BCUT2D eigenvalue weighted by molar-refractivity contribution is 9.10. The number of benzene rings is 2. The molecule has 0 N–H and O–H groups in total. The van der Waals surface area contributed by atoms with Gasteiger partial charge in [-0.25, -0.2) is 4.99 Å². The second-order valence-electron chi connectivity index (χ2n) is 10.8. The zero-order valence-corrected chi connectivity index (χ0v) is 27.3. The number of aromatic nitrogens is 1. The third kappa shape index (κ3) is 5.25. The number of carbonyl (C=O) groups is 1. The standard InChI is InChI=1S/C33H35BrN4O4S/c1-5-36(6-2)31(40)27-20(3)35-33-38(29(27)28-23-13-9-8-12-21(23)14-15-25(28)41-4)30(39)26(43-33)19-22-18-24(34)32(42-22)37-16-10-7-11-17-37/h8-9,12-15,18-19,29H,5-7,10-11,16-17H2,1-4H3/b26-19+/t29-/m1/s1. The maximum absolute atomic E-state index is 14.3. The summed E-state index contributed by atoms with van der Waals surface area (Å²) in [6, 6.07) is 13.1. The molecule has 0 unspecified atom stereocenters. The minimum Gasteiger partial charge on any atom is -0.496 e. The van der Waals surface area contributed by atoms with Crippen molar-refractivity contribution >= 4 is 55.9 Å². The average molecular weight is 664 g/mol. The van der Waals surface area contributed by atoms with Crippen LogP contribution in [0.1, 0.15) is 57.4 Å². The van der Waals surface area contributed by atoms with Crippen molar-refractivity contribution in [3.8, 4) is 5.75 Å². The predicted octanol–water partition coefficient (Wildman–Crippen LogP) is 5.61. The van der Waals surface area contributed by atoms with E-state index in [0.29, 0.717) is 45.2 Å². The number of hydrogen-bond acceptors (Lipinski definition) is 7. The van der Waals surface area contributed by atoms with E-state index in [-0.39, 0.29) is 11.5 Å². The summed E-state index contributed by atoms with van der Waals surface area (Å²) in [7, 11) is 1.62. The quantitative estimate of drug-likeness (QED) is 0.257. The Bertz CT molecular complexity index is 1910. The van der Waals surface area contributed by atoms with Gasteiger partial charge in [0.1, 0.15) is 17.6 Å². The SMILES string of the molecule is CCN(CC)C(=O)C1=C(C)N=c2s/c(=C/c3cc(Br)c(N4CCCCC4)o3)c(=O)n2[C@H]1c1c(OC)ccc2ccccc12. The summed E-state index contributed by atoms with van der Waals surface area (Å²) >= 11 is 4.96. The number of thiazole rings is 1. The number of fused-ring (bicyclic) bond motifs is 2. The molecule has 2 aliphatic rings. The van der Waals surface area contributed by atoms with E-state index in [2.05, 4.69) is 20.8 Å². The monoisotopic (exact) mass is 662 g/mol. The summed E-state index contributed by atoms with van der Waals surface area (Å²) in [5.74, 6) is 1.85. The molecule has 4 heterocycles. The maximum atomic E-state index is 14.3. The molecule has 43 heavy (non-hydrogen) atoms. The molecule has 0 aliphatic carbocycles. The molecule has 8 nitrogen and oxygen atoms in total. The summed E-state index contributed by atoms with van der Waals surface area (Å²) in [6.07, 6.45) is 5.27. The number of methoxy groups -OCH3 is 1. The number of rotatable bonds is 7. The Hall–Kier alpha value is -3.63. The van der Waals surface area contributed by atoms with E-state index in [9.17, 15) is 9.59 Å². The lowest BCUT2D eigenvalue weighted by Gasteiger charge is -2.30. The lowest BCUT2D eigenvalue weighted by Crippen LogP contribution is -2.43. The number of halogens is 1. The summed E-state index contributed by atoms with van der Waals surface area (Å²) in [4.78, 5) is 37.9. The van der Waals surface area contributed by atoms with Gasteiger partial charge in [-0.3, -0.25) is 14.2 Å². The third-order valence-electron chi connectivity index (χ3n) is 8.33. The number of furan rings is 1. The topological polar surface area (TPSA) is 80.3 Å². The van der Waals surface area contributed by atoms with Gasteiger partial charge in [0.05, 0.1) is 27.4 Å². The van der Waals surface area contributed by atoms with Crippen LogP contribution in [0.5, 0.6) is 5.75 Å². The van der Waals surface area contributed by atoms with Crippen LogP contribution in [0.2, 0.25) is 0 Å². The van der Waals surface area contributed by atoms with Crippen molar-refractivity contribution in [2.75, 3.05) is 38.2 Å². The Kier molecular flexibility index (Phi) is 8.33. The number of nitrogens with zero attached hydrogens (tertiary/aromatic N) is 4. The second kappa shape index (κ2) is 12.2. The zero-order valence-electron chi connectivity index (χ0n) is 24.9. The van der Waals surface area contributed by atoms with E-state index in [1.807, 2.05) is 63.2 Å². The Morgan fingerprint density at radius 3 is 2.63 bits per heavy atom. The highest BCUT2D eigenvalue weighted by atomic mass is 79.9. The lowest BCUT2D eigenvalue weighted by molar-refractivity contribution is -0.127. The molecule has 1 saturated heterocycles. The minimum absolute atomic E-state index is 0.137. The molecular weight excluding hydrogens is 628 g/mol. The highest BCUT2D eigenvalue weighted by Crippen LogP contribution is 2.40. The Balaban J connectivity index is 1.58. The molecule has 4 aromatic rings. The highest BCUT2D eigenvalue weighted by Gasteiger charge is 2.36. The normalized spacial score (nSPS) is 17.3. The van der Waals surface area contributed by atoms with Crippen molar-refractivity contribution in [3.05, 3.63) is 89.2 Å². The number of amides is 1. The van der Waals surface area contributed by atoms with Crippen LogP contribution >= 0.6 is 27.3 Å². The molecule has 6 rings (SSSR count). The first-order valence-electron chi connectivity index (χ1n) is 14.8. The van der Waals surface area contributed by atoms with Crippen molar-refractivity contribution in [2.24, 2.45) is 4.99 Å². The fraction of sp³-hybridized carbons (Fsp3) is 0.364. The summed E-state index contributed by atoms with van der Waals surface area (Å²) in [5.41, 5.74) is 1.61. The molecule has 224 valence electrons. The molecule has 1 atom stereocenters. The molecule has 10 heteroatoms. The van der Waals surface area contributed by atoms with E-state index >= 15 is 0 Å². The van der Waals surface area contributed by atoms with Crippen molar-refractivity contribution in [2.45, 2.75) is 46.1 Å². The molecule has 2 aromatic heterocycles. The molecule has 0 bridgehead atoms. The fourth-order valence-electron chi connectivity index (χ4n) is 6.17. The van der Waals surface area contributed by atoms with Gasteiger partial charge in [0.25, 0.3) is 11.5 Å². The van der Waals surface area contributed by atoms with Gasteiger partial charge in [0.15, 0.2) is 4.80 Å². The van der Waals surface area contributed by atoms with Crippen LogP contribution in [0, 0.1) is 0 Å². The number of likely N-dealkylation sites (N-methyl/N-ethyl adjacent to an activating group) is 1. The van der Waals surface area contributed by atoms with Crippen molar-refractivity contribution in [1.82, 2.24) is 9.47 Å². The van der Waals surface area contributed by atoms with Crippen LogP contribution in [0.4, 0.5) is 5.88 Å². The first kappa shape index (κ1) is 29.4. The minimum atomic E-state index is -0.722. The van der Waals surface area contributed by atoms with E-state index in [1.54, 1.807) is 22.7 Å². The van der Waals surface area contributed by atoms with Gasteiger partial charge in [-0.05, 0) is 72.8 Å². The van der Waals surface area contributed by atoms with Crippen molar-refractivity contribution in [3.63, 3.8) is 0 Å². The van der Waals surface area contributed by atoms with Crippen LogP contribution in [-0.2, 0) is 4.79 Å². The van der Waals surface area contributed by atoms with Gasteiger partial charge in [0.2, 0.25) is 5.88 Å². The van der Waals surface area contributed by atoms with Crippen LogP contribution in [0.25, 0.3) is 16.8 Å². The Labute approximate surface area is 262 Å². The van der Waals surface area contributed by atoms with Crippen LogP contribution in [0.15, 0.2) is 72.4 Å². The van der Waals surface area contributed by atoms with Gasteiger partial charge >= 0.3 is 0 Å². The number of ether oxygens (including phenoxy) is 1. The molecule has 0 saturated carbocycles. The average Bonchev–Trinajstić information content (AvgIpc) is 3.54. The number of piperidine rings is 1. The molecule has 0 radical (unpaired) electrons. The van der Waals surface area contributed by atoms with Crippen molar-refractivity contribution in [1.29, 1.82) is 0 Å². The van der Waals surface area contributed by atoms with Gasteiger partial charge < -0.3 is 19.0 Å². The summed E-state index contributed by atoms with van der Waals surface area (Å²) < 4.78 is 15.2. The third-order valence-corrected chi connectivity index (χ3v) is 9.88. The van der Waals surface area contributed by atoms with Gasteiger partial charge in [-0.1, -0.05) is 41.7 Å². The Morgan fingerprint density at radius 1 is 1.16 bits per heavy atom. The second-order valence-corrected chi connectivity index (χ2v) is 12.7. The number of hydrogen-bond donors (Lipinski definition) is 0. The zero-order chi connectivity index (χ0) is 30.2. The van der Waals surface area contributed by atoms with E-state index in [1.165, 1.54) is 17.8 Å². The molecule has 2 aromatic carbocycles. The van der Waals surface area contributed by atoms with Crippen molar-refractivity contribution < 1.29 is 13.9 Å². The molecule has 1 amide bonds. The fourth-order valence-corrected chi connectivity index (χ4v) is 7.76. The van der Waals surface area contributed by atoms with Gasteiger partial charge in [-0.2, -0.15) is 0 Å². The van der Waals surface area contributed by atoms with E-state index in [4.69, 9.17) is 14.1 Å². The van der Waals surface area contributed by atoms with E-state index < -0.39 is 6.04 Å². The predicted molar refractivity (Wildman–Crippen MR) is 175 cm³/mol. The van der Waals surface area contributed by atoms with E-state index in [0.717, 1.165) is 52.6 Å². The summed E-state index contributed by atoms with van der Waals surface area (Å²) in [6.45, 7) is 8.75. The maximum Gasteiger partial charge on any atom is 0.271 e. The number of anilines is 1. The van der Waals surface area contributed by atoms with Crippen LogP contribution in [-0.4, -0.2) is 48.7 Å². The smallest absolute Gasteiger partial charge is 0.271 e. The molecule has 2 aliphatic heterocycles. The molecule has 0 spiro atoms. The first-order chi connectivity index (χ1) is 20.9. The lowest BCUT2D eigenvalue weighted by atomic mass is 9.90. The number of allylic oxidation sites excluding steroid dienone is 1. The largest absolute Gasteiger partial charge is 0.496 e. The molecular formula is C33H35BrN4O4S.